The molecule has 2 heterocycles. The van der Waals surface area contributed by atoms with E-state index in [1.54, 1.807) is 6.92 Å². The van der Waals surface area contributed by atoms with E-state index in [0.29, 0.717) is 6.61 Å². The van der Waals surface area contributed by atoms with Gasteiger partial charge in [0, 0.05) is 11.3 Å². The summed E-state index contributed by atoms with van der Waals surface area (Å²) in [6.07, 6.45) is 0. The summed E-state index contributed by atoms with van der Waals surface area (Å²) in [6, 6.07) is 15.9. The largest absolute Gasteiger partial charge is 0.465 e. The third-order valence-electron chi connectivity index (χ3n) is 3.59. The molecule has 118 valence electrons. The molecule has 3 rings (SSSR count). The maximum Gasteiger partial charge on any atom is 0.325 e. The van der Waals surface area contributed by atoms with E-state index in [1.807, 2.05) is 59.9 Å². The molecule has 0 amide bonds. The van der Waals surface area contributed by atoms with Crippen LogP contribution in [0.3, 0.4) is 0 Å². The second kappa shape index (κ2) is 6.52. The van der Waals surface area contributed by atoms with Gasteiger partial charge in [-0.05, 0) is 26.0 Å². The average Bonchev–Trinajstić information content (AvgIpc) is 2.94. The lowest BCUT2D eigenvalue weighted by atomic mass is 10.1. The number of fused-ring (bicyclic) bond motifs is 1. The number of carbonyl (C=O) groups is 1. The standard InChI is InChI=1S/C18H19N3O2/c1-3-23-16(22)12-19-18-17(14-9-5-4-6-10-14)20-15-11-7-8-13(2)21(15)18/h4-11,19H,3,12H2,1-2H3. The Labute approximate surface area is 134 Å². The first-order chi connectivity index (χ1) is 11.2. The summed E-state index contributed by atoms with van der Waals surface area (Å²) in [5.41, 5.74) is 3.71. The molecule has 0 radical (unpaired) electrons. The van der Waals surface area contributed by atoms with Crippen LogP contribution < -0.4 is 5.32 Å². The second-order valence-electron chi connectivity index (χ2n) is 5.19. The SMILES string of the molecule is CCOC(=O)CNc1c(-c2ccccc2)nc2cccc(C)n12. The van der Waals surface area contributed by atoms with Crippen molar-refractivity contribution in [1.29, 1.82) is 0 Å². The zero-order valence-corrected chi connectivity index (χ0v) is 13.2. The molecular formula is C18H19N3O2. The Morgan fingerprint density at radius 1 is 1.17 bits per heavy atom. The minimum absolute atomic E-state index is 0.107. The van der Waals surface area contributed by atoms with E-state index in [-0.39, 0.29) is 12.5 Å². The lowest BCUT2D eigenvalue weighted by molar-refractivity contribution is -0.140. The number of pyridine rings is 1. The van der Waals surface area contributed by atoms with Crippen molar-refractivity contribution in [2.45, 2.75) is 13.8 Å². The van der Waals surface area contributed by atoms with Gasteiger partial charge in [0.2, 0.25) is 0 Å². The number of hydrogen-bond acceptors (Lipinski definition) is 4. The zero-order valence-electron chi connectivity index (χ0n) is 13.2. The number of anilines is 1. The number of nitrogens with zero attached hydrogens (tertiary/aromatic N) is 2. The number of aryl methyl sites for hydroxylation is 1. The molecule has 0 unspecified atom stereocenters. The van der Waals surface area contributed by atoms with Gasteiger partial charge in [0.05, 0.1) is 6.61 Å². The average molecular weight is 309 g/mol. The van der Waals surface area contributed by atoms with Crippen molar-refractivity contribution in [3.05, 3.63) is 54.2 Å². The van der Waals surface area contributed by atoms with Crippen molar-refractivity contribution in [3.63, 3.8) is 0 Å². The smallest absolute Gasteiger partial charge is 0.325 e. The van der Waals surface area contributed by atoms with Gasteiger partial charge in [0.1, 0.15) is 23.7 Å². The van der Waals surface area contributed by atoms with E-state index in [9.17, 15) is 4.79 Å². The lowest BCUT2D eigenvalue weighted by Gasteiger charge is -2.10. The van der Waals surface area contributed by atoms with E-state index in [1.165, 1.54) is 0 Å². The molecule has 1 aromatic carbocycles. The predicted molar refractivity (Wildman–Crippen MR) is 90.5 cm³/mol. The zero-order chi connectivity index (χ0) is 16.2. The molecule has 0 aliphatic rings. The number of carbonyl (C=O) groups excluding carboxylic acids is 1. The van der Waals surface area contributed by atoms with Gasteiger partial charge in [-0.1, -0.05) is 36.4 Å². The third kappa shape index (κ3) is 3.04. The Hall–Kier alpha value is -2.82. The molecule has 3 aromatic rings. The summed E-state index contributed by atoms with van der Waals surface area (Å²) >= 11 is 0. The van der Waals surface area contributed by atoms with Crippen LogP contribution in [-0.2, 0) is 9.53 Å². The monoisotopic (exact) mass is 309 g/mol. The van der Waals surface area contributed by atoms with E-state index in [0.717, 1.165) is 28.4 Å². The first-order valence-electron chi connectivity index (χ1n) is 7.63. The fraction of sp³-hybridized carbons (Fsp3) is 0.222. The van der Waals surface area contributed by atoms with Crippen LogP contribution >= 0.6 is 0 Å². The van der Waals surface area contributed by atoms with Gasteiger partial charge in [0.25, 0.3) is 0 Å². The number of rotatable bonds is 5. The normalized spacial score (nSPS) is 10.7. The fourth-order valence-electron chi connectivity index (χ4n) is 2.58. The van der Waals surface area contributed by atoms with Gasteiger partial charge in [-0.3, -0.25) is 9.20 Å². The topological polar surface area (TPSA) is 55.6 Å². The van der Waals surface area contributed by atoms with Gasteiger partial charge in [-0.2, -0.15) is 0 Å². The summed E-state index contributed by atoms with van der Waals surface area (Å²) < 4.78 is 7.01. The second-order valence-corrected chi connectivity index (χ2v) is 5.19. The Bertz CT molecular complexity index is 825. The number of imidazole rings is 1. The molecule has 0 aliphatic heterocycles. The van der Waals surface area contributed by atoms with Crippen LogP contribution in [0.4, 0.5) is 5.82 Å². The molecule has 23 heavy (non-hydrogen) atoms. The van der Waals surface area contributed by atoms with Gasteiger partial charge in [-0.15, -0.1) is 0 Å². The van der Waals surface area contributed by atoms with Gasteiger partial charge in [0.15, 0.2) is 0 Å². The Morgan fingerprint density at radius 2 is 1.96 bits per heavy atom. The Balaban J connectivity index is 2.07. The minimum Gasteiger partial charge on any atom is -0.465 e. The number of ether oxygens (including phenoxy) is 1. The Kier molecular flexibility index (Phi) is 4.28. The highest BCUT2D eigenvalue weighted by atomic mass is 16.5. The molecule has 0 bridgehead atoms. The number of nitrogens with one attached hydrogen (secondary N) is 1. The first-order valence-corrected chi connectivity index (χ1v) is 7.63. The summed E-state index contributed by atoms with van der Waals surface area (Å²) in [7, 11) is 0. The molecule has 0 saturated heterocycles. The number of esters is 1. The summed E-state index contributed by atoms with van der Waals surface area (Å²) in [6.45, 7) is 4.29. The van der Waals surface area contributed by atoms with E-state index >= 15 is 0 Å². The van der Waals surface area contributed by atoms with Crippen LogP contribution in [0, 0.1) is 6.92 Å². The molecule has 2 aromatic heterocycles. The first kappa shape index (κ1) is 15.1. The van der Waals surface area contributed by atoms with Gasteiger partial charge < -0.3 is 10.1 Å². The Morgan fingerprint density at radius 3 is 2.70 bits per heavy atom. The number of hydrogen-bond donors (Lipinski definition) is 1. The maximum absolute atomic E-state index is 11.7. The van der Waals surface area contributed by atoms with Crippen molar-refractivity contribution in [2.75, 3.05) is 18.5 Å². The molecule has 0 aliphatic carbocycles. The summed E-state index contributed by atoms with van der Waals surface area (Å²) in [4.78, 5) is 16.4. The van der Waals surface area contributed by atoms with Crippen molar-refractivity contribution in [2.24, 2.45) is 0 Å². The summed E-state index contributed by atoms with van der Waals surface area (Å²) in [5, 5.41) is 3.19. The molecule has 5 heteroatoms. The maximum atomic E-state index is 11.7. The predicted octanol–water partition coefficient (Wildman–Crippen LogP) is 3.28. The van der Waals surface area contributed by atoms with Crippen LogP contribution in [0.1, 0.15) is 12.6 Å². The molecular weight excluding hydrogens is 290 g/mol. The van der Waals surface area contributed by atoms with E-state index in [2.05, 4.69) is 5.32 Å². The van der Waals surface area contributed by atoms with Gasteiger partial charge >= 0.3 is 5.97 Å². The van der Waals surface area contributed by atoms with Crippen LogP contribution in [0.15, 0.2) is 48.5 Å². The van der Waals surface area contributed by atoms with E-state index in [4.69, 9.17) is 9.72 Å². The molecule has 5 nitrogen and oxygen atoms in total. The van der Waals surface area contributed by atoms with Gasteiger partial charge in [-0.25, -0.2) is 4.98 Å². The molecule has 0 saturated carbocycles. The van der Waals surface area contributed by atoms with Crippen LogP contribution in [-0.4, -0.2) is 28.5 Å². The van der Waals surface area contributed by atoms with Crippen LogP contribution in [0.2, 0.25) is 0 Å². The van der Waals surface area contributed by atoms with Crippen molar-refractivity contribution >= 4 is 17.4 Å². The highest BCUT2D eigenvalue weighted by Gasteiger charge is 2.16. The van der Waals surface area contributed by atoms with Crippen molar-refractivity contribution in [1.82, 2.24) is 9.38 Å². The number of aromatic nitrogens is 2. The van der Waals surface area contributed by atoms with Crippen molar-refractivity contribution < 1.29 is 9.53 Å². The highest BCUT2D eigenvalue weighted by molar-refractivity contribution is 5.81. The summed E-state index contributed by atoms with van der Waals surface area (Å²) in [5.74, 6) is 0.521. The third-order valence-corrected chi connectivity index (χ3v) is 3.59. The minimum atomic E-state index is -0.282. The van der Waals surface area contributed by atoms with Crippen LogP contribution in [0.25, 0.3) is 16.9 Å². The highest BCUT2D eigenvalue weighted by Crippen LogP contribution is 2.29. The van der Waals surface area contributed by atoms with Crippen molar-refractivity contribution in [3.8, 4) is 11.3 Å². The fourth-order valence-corrected chi connectivity index (χ4v) is 2.58. The molecule has 1 N–H and O–H groups in total. The molecule has 0 spiro atoms. The van der Waals surface area contributed by atoms with Crippen LogP contribution in [0.5, 0.6) is 0 Å². The number of benzene rings is 1. The van der Waals surface area contributed by atoms with E-state index < -0.39 is 0 Å². The lowest BCUT2D eigenvalue weighted by Crippen LogP contribution is -2.18. The molecule has 0 fully saturated rings. The quantitative estimate of drug-likeness (QED) is 0.735. The molecule has 0 atom stereocenters.